The van der Waals surface area contributed by atoms with Gasteiger partial charge in [-0.3, -0.25) is 9.59 Å². The number of carbonyl (C=O) groups excluding carboxylic acids is 2. The fourth-order valence-corrected chi connectivity index (χ4v) is 4.00. The minimum atomic E-state index is -0.0656. The smallest absolute Gasteiger partial charge is 0.257 e. The van der Waals surface area contributed by atoms with E-state index in [0.29, 0.717) is 30.0 Å². The van der Waals surface area contributed by atoms with Gasteiger partial charge in [0.1, 0.15) is 0 Å². The lowest BCUT2D eigenvalue weighted by Crippen LogP contribution is -2.46. The van der Waals surface area contributed by atoms with E-state index in [-0.39, 0.29) is 23.8 Å². The molecule has 1 fully saturated rings. The summed E-state index contributed by atoms with van der Waals surface area (Å²) in [7, 11) is 0. The molecule has 0 atom stereocenters. The molecule has 3 heterocycles. The molecule has 1 aliphatic rings. The molecule has 1 aromatic carbocycles. The average molecular weight is 418 g/mol. The maximum atomic E-state index is 13.3. The normalized spacial score (nSPS) is 14.6. The highest BCUT2D eigenvalue weighted by atomic mass is 16.2. The Morgan fingerprint density at radius 3 is 2.39 bits per heavy atom. The maximum absolute atomic E-state index is 13.3. The van der Waals surface area contributed by atoms with E-state index in [0.717, 1.165) is 18.5 Å². The van der Waals surface area contributed by atoms with Gasteiger partial charge in [0.05, 0.1) is 17.5 Å². The first-order valence-corrected chi connectivity index (χ1v) is 10.7. The molecule has 3 aromatic rings. The van der Waals surface area contributed by atoms with Crippen molar-refractivity contribution >= 4 is 11.8 Å². The van der Waals surface area contributed by atoms with E-state index in [2.05, 4.69) is 29.2 Å². The van der Waals surface area contributed by atoms with Crippen LogP contribution < -0.4 is 5.32 Å². The lowest BCUT2D eigenvalue weighted by molar-refractivity contribution is 0.0696. The Balaban J connectivity index is 1.43. The second kappa shape index (κ2) is 9.12. The van der Waals surface area contributed by atoms with E-state index < -0.39 is 0 Å². The van der Waals surface area contributed by atoms with Crippen LogP contribution in [0.1, 0.15) is 59.0 Å². The molecule has 0 unspecified atom stereocenters. The molecule has 0 bridgehead atoms. The largest absolute Gasteiger partial charge is 0.349 e. The van der Waals surface area contributed by atoms with Crippen molar-refractivity contribution in [2.75, 3.05) is 13.1 Å². The van der Waals surface area contributed by atoms with Crippen LogP contribution in [0.2, 0.25) is 0 Å². The van der Waals surface area contributed by atoms with Crippen molar-refractivity contribution < 1.29 is 9.59 Å². The molecular formula is C24H27N5O2. The van der Waals surface area contributed by atoms with Gasteiger partial charge < -0.3 is 10.2 Å². The lowest BCUT2D eigenvalue weighted by atomic mass is 10.0. The molecule has 31 heavy (non-hydrogen) atoms. The highest BCUT2D eigenvalue weighted by Crippen LogP contribution is 2.24. The summed E-state index contributed by atoms with van der Waals surface area (Å²) in [5, 5.41) is 7.55. The van der Waals surface area contributed by atoms with Crippen LogP contribution in [0, 0.1) is 0 Å². The first-order valence-electron chi connectivity index (χ1n) is 10.7. The van der Waals surface area contributed by atoms with Crippen molar-refractivity contribution in [3.63, 3.8) is 0 Å². The number of aromatic nitrogens is 3. The number of nitrogens with zero attached hydrogens (tertiary/aromatic N) is 4. The molecule has 1 aliphatic heterocycles. The standard InChI is InChI=1S/C24H27N5O2/c1-17(2)22-20(16-26-29(22)21-10-6-7-13-25-21)24(31)28-14-11-19(12-15-28)27-23(30)18-8-4-3-5-9-18/h3-10,13,16-17,19H,11-12,14-15H2,1-2H3,(H,27,30). The van der Waals surface area contributed by atoms with Crippen LogP contribution >= 0.6 is 0 Å². The summed E-state index contributed by atoms with van der Waals surface area (Å²) >= 11 is 0. The number of hydrogen-bond acceptors (Lipinski definition) is 4. The molecule has 0 aliphatic carbocycles. The van der Waals surface area contributed by atoms with E-state index in [4.69, 9.17) is 0 Å². The molecule has 7 nitrogen and oxygen atoms in total. The van der Waals surface area contributed by atoms with Crippen LogP contribution in [0.3, 0.4) is 0 Å². The second-order valence-electron chi connectivity index (χ2n) is 8.10. The van der Waals surface area contributed by atoms with Crippen molar-refractivity contribution in [1.29, 1.82) is 0 Å². The number of carbonyl (C=O) groups is 2. The van der Waals surface area contributed by atoms with Crippen molar-refractivity contribution in [2.24, 2.45) is 0 Å². The number of likely N-dealkylation sites (tertiary alicyclic amines) is 1. The van der Waals surface area contributed by atoms with E-state index in [1.165, 1.54) is 0 Å². The number of rotatable bonds is 5. The average Bonchev–Trinajstić information content (AvgIpc) is 3.26. The highest BCUT2D eigenvalue weighted by molar-refractivity contribution is 5.96. The maximum Gasteiger partial charge on any atom is 0.257 e. The van der Waals surface area contributed by atoms with Gasteiger partial charge in [-0.05, 0) is 43.0 Å². The van der Waals surface area contributed by atoms with Gasteiger partial charge in [0, 0.05) is 30.9 Å². The Morgan fingerprint density at radius 2 is 1.74 bits per heavy atom. The van der Waals surface area contributed by atoms with E-state index >= 15 is 0 Å². The van der Waals surface area contributed by atoms with Crippen LogP contribution in [-0.4, -0.2) is 50.6 Å². The van der Waals surface area contributed by atoms with Crippen LogP contribution in [0.15, 0.2) is 60.9 Å². The summed E-state index contributed by atoms with van der Waals surface area (Å²) in [4.78, 5) is 31.9. The quantitative estimate of drug-likeness (QED) is 0.690. The third-order valence-corrected chi connectivity index (χ3v) is 5.60. The van der Waals surface area contributed by atoms with Crippen molar-refractivity contribution in [3.8, 4) is 5.82 Å². The molecule has 2 aromatic heterocycles. The van der Waals surface area contributed by atoms with Crippen molar-refractivity contribution in [1.82, 2.24) is 25.0 Å². The van der Waals surface area contributed by atoms with Crippen LogP contribution in [0.5, 0.6) is 0 Å². The minimum absolute atomic E-state index is 0.0151. The molecule has 1 N–H and O–H groups in total. The highest BCUT2D eigenvalue weighted by Gasteiger charge is 2.29. The molecule has 2 amide bonds. The molecule has 160 valence electrons. The van der Waals surface area contributed by atoms with E-state index in [9.17, 15) is 9.59 Å². The molecule has 0 saturated carbocycles. The number of piperidine rings is 1. The molecular weight excluding hydrogens is 390 g/mol. The second-order valence-corrected chi connectivity index (χ2v) is 8.10. The SMILES string of the molecule is CC(C)c1c(C(=O)N2CCC(NC(=O)c3ccccc3)CC2)cnn1-c1ccccn1. The first-order chi connectivity index (χ1) is 15.0. The lowest BCUT2D eigenvalue weighted by Gasteiger charge is -2.32. The van der Waals surface area contributed by atoms with Gasteiger partial charge >= 0.3 is 0 Å². The number of pyridine rings is 1. The molecule has 7 heteroatoms. The third kappa shape index (κ3) is 4.50. The molecule has 0 radical (unpaired) electrons. The van der Waals surface area contributed by atoms with E-state index in [1.807, 2.05) is 41.3 Å². The Kier molecular flexibility index (Phi) is 6.11. The number of benzene rings is 1. The predicted octanol–water partition coefficient (Wildman–Crippen LogP) is 3.43. The summed E-state index contributed by atoms with van der Waals surface area (Å²) in [5.74, 6) is 0.738. The molecule has 0 spiro atoms. The van der Waals surface area contributed by atoms with Gasteiger partial charge in [-0.2, -0.15) is 5.10 Å². The first kappa shape index (κ1) is 20.8. The van der Waals surface area contributed by atoms with Crippen LogP contribution in [0.4, 0.5) is 0 Å². The van der Waals surface area contributed by atoms with Crippen LogP contribution in [0.25, 0.3) is 5.82 Å². The Morgan fingerprint density at radius 1 is 1.03 bits per heavy atom. The topological polar surface area (TPSA) is 80.1 Å². The zero-order valence-corrected chi connectivity index (χ0v) is 17.9. The zero-order chi connectivity index (χ0) is 21.8. The van der Waals surface area contributed by atoms with Gasteiger partial charge in [0.25, 0.3) is 11.8 Å². The Labute approximate surface area is 182 Å². The number of hydrogen-bond donors (Lipinski definition) is 1. The molecule has 4 rings (SSSR count). The fourth-order valence-electron chi connectivity index (χ4n) is 4.00. The number of nitrogens with one attached hydrogen (secondary N) is 1. The van der Waals surface area contributed by atoms with Crippen molar-refractivity contribution in [3.05, 3.63) is 77.7 Å². The Bertz CT molecular complexity index is 1040. The number of amides is 2. The summed E-state index contributed by atoms with van der Waals surface area (Å²) in [5.41, 5.74) is 2.14. The van der Waals surface area contributed by atoms with Crippen molar-refractivity contribution in [2.45, 2.75) is 38.6 Å². The van der Waals surface area contributed by atoms with Gasteiger partial charge in [-0.15, -0.1) is 0 Å². The van der Waals surface area contributed by atoms with Gasteiger partial charge in [0.15, 0.2) is 5.82 Å². The van der Waals surface area contributed by atoms with Gasteiger partial charge in [-0.1, -0.05) is 38.1 Å². The van der Waals surface area contributed by atoms with E-state index in [1.54, 1.807) is 29.2 Å². The zero-order valence-electron chi connectivity index (χ0n) is 17.9. The monoisotopic (exact) mass is 417 g/mol. The summed E-state index contributed by atoms with van der Waals surface area (Å²) < 4.78 is 1.75. The summed E-state index contributed by atoms with van der Waals surface area (Å²) in [6, 6.07) is 14.9. The summed E-state index contributed by atoms with van der Waals surface area (Å²) in [6.07, 6.45) is 4.83. The third-order valence-electron chi connectivity index (χ3n) is 5.60. The predicted molar refractivity (Wildman–Crippen MR) is 118 cm³/mol. The fraction of sp³-hybridized carbons (Fsp3) is 0.333. The minimum Gasteiger partial charge on any atom is -0.349 e. The molecule has 1 saturated heterocycles. The Hall–Kier alpha value is -3.48. The summed E-state index contributed by atoms with van der Waals surface area (Å²) in [6.45, 7) is 5.31. The van der Waals surface area contributed by atoms with Gasteiger partial charge in [0.2, 0.25) is 0 Å². The van der Waals surface area contributed by atoms with Crippen LogP contribution in [-0.2, 0) is 0 Å². The van der Waals surface area contributed by atoms with Gasteiger partial charge in [-0.25, -0.2) is 9.67 Å².